The van der Waals surface area contributed by atoms with Crippen molar-refractivity contribution in [2.75, 3.05) is 0 Å². The molecule has 2 aliphatic heterocycles. The van der Waals surface area contributed by atoms with Gasteiger partial charge in [-0.15, -0.1) is 0 Å². The van der Waals surface area contributed by atoms with Crippen molar-refractivity contribution >= 4 is 28.5 Å². The van der Waals surface area contributed by atoms with Gasteiger partial charge in [0.05, 0.1) is 17.7 Å². The van der Waals surface area contributed by atoms with Gasteiger partial charge in [-0.2, -0.15) is 0 Å². The van der Waals surface area contributed by atoms with E-state index in [2.05, 4.69) is 4.98 Å². The van der Waals surface area contributed by atoms with E-state index in [0.717, 1.165) is 0 Å². The summed E-state index contributed by atoms with van der Waals surface area (Å²) in [5.74, 6) is -2.09. The van der Waals surface area contributed by atoms with Gasteiger partial charge in [0.2, 0.25) is 5.91 Å². The molecule has 3 rings (SSSR count). The first-order valence-corrected chi connectivity index (χ1v) is 7.64. The predicted octanol–water partition coefficient (Wildman–Crippen LogP) is 0.206. The summed E-state index contributed by atoms with van der Waals surface area (Å²) in [7, 11) is 0. The van der Waals surface area contributed by atoms with Crippen molar-refractivity contribution in [1.82, 2.24) is 9.88 Å². The topological polar surface area (TPSA) is 117 Å². The average Bonchev–Trinajstić information content (AvgIpc) is 2.82. The number of hydrogen-bond acceptors (Lipinski definition) is 6. The van der Waals surface area contributed by atoms with Crippen molar-refractivity contribution in [3.63, 3.8) is 0 Å². The second-order valence-electron chi connectivity index (χ2n) is 5.21. The van der Waals surface area contributed by atoms with Crippen LogP contribution in [0.5, 0.6) is 0 Å². The third-order valence-electron chi connectivity index (χ3n) is 3.80. The fourth-order valence-corrected chi connectivity index (χ4v) is 4.27. The first kappa shape index (κ1) is 15.0. The van der Waals surface area contributed by atoms with E-state index < -0.39 is 18.0 Å². The number of carboxylic acids is 1. The van der Waals surface area contributed by atoms with Crippen LogP contribution in [0.15, 0.2) is 24.0 Å². The lowest BCUT2D eigenvalue weighted by Crippen LogP contribution is -2.60. The molecule has 4 N–H and O–H groups in total. The summed E-state index contributed by atoms with van der Waals surface area (Å²) in [6.07, 6.45) is 0.745. The van der Waals surface area contributed by atoms with Crippen molar-refractivity contribution in [2.24, 2.45) is 11.7 Å². The molecule has 8 heteroatoms. The van der Waals surface area contributed by atoms with Gasteiger partial charge >= 0.3 is 5.97 Å². The third kappa shape index (κ3) is 2.11. The normalized spacial score (nSPS) is 25.0. The molecule has 1 aromatic rings. The maximum atomic E-state index is 12.1. The van der Waals surface area contributed by atoms with Crippen molar-refractivity contribution in [1.29, 1.82) is 0 Å². The molecule has 22 heavy (non-hydrogen) atoms. The maximum Gasteiger partial charge on any atom is 0.353 e. The Kier molecular flexibility index (Phi) is 3.67. The highest BCUT2D eigenvalue weighted by Gasteiger charge is 2.57. The Morgan fingerprint density at radius 1 is 1.55 bits per heavy atom. The quantitative estimate of drug-likeness (QED) is 0.678. The molecule has 0 saturated carbocycles. The molecule has 0 bridgehead atoms. The number of rotatable bonds is 4. The molecule has 0 spiro atoms. The number of carbonyl (C=O) groups is 2. The lowest BCUT2D eigenvalue weighted by atomic mass is 9.92. The lowest BCUT2D eigenvalue weighted by molar-refractivity contribution is -0.156. The van der Waals surface area contributed by atoms with Crippen LogP contribution >= 0.6 is 11.8 Å². The lowest BCUT2D eigenvalue weighted by Gasteiger charge is -2.43. The van der Waals surface area contributed by atoms with Crippen molar-refractivity contribution in [3.8, 4) is 0 Å². The van der Waals surface area contributed by atoms with Gasteiger partial charge in [0.15, 0.2) is 0 Å². The van der Waals surface area contributed by atoms with E-state index in [1.165, 1.54) is 23.6 Å². The fourth-order valence-electron chi connectivity index (χ4n) is 2.66. The number of thioether (sulfide) groups is 1. The van der Waals surface area contributed by atoms with Crippen LogP contribution in [0.1, 0.15) is 18.2 Å². The van der Waals surface area contributed by atoms with Crippen molar-refractivity contribution < 1.29 is 19.8 Å². The van der Waals surface area contributed by atoms with Gasteiger partial charge < -0.3 is 15.9 Å². The van der Waals surface area contributed by atoms with E-state index >= 15 is 0 Å². The van der Waals surface area contributed by atoms with Crippen LogP contribution in [0.25, 0.3) is 4.91 Å². The summed E-state index contributed by atoms with van der Waals surface area (Å²) in [4.78, 5) is 29.6. The van der Waals surface area contributed by atoms with E-state index in [1.54, 1.807) is 18.3 Å². The highest BCUT2D eigenvalue weighted by atomic mass is 32.2. The molecule has 1 saturated heterocycles. The number of amides is 1. The number of carboxylic acid groups (broad SMARTS) is 1. The van der Waals surface area contributed by atoms with Crippen LogP contribution in [-0.4, -0.2) is 43.5 Å². The standard InChI is InChI=1S/C14H15N3O4S/c1-6(18)9-12(19)17-10(14(20)21)11(22-13(9)17)7-2-3-8(4-15)16-5-7/h2-3,5-6,9,13,18H,4,15H2,1H3,(H,20,21)/t6-,9+,13-/m1/s1. The number of nitrogens with zero attached hydrogens (tertiary/aromatic N) is 2. The molecule has 1 aromatic heterocycles. The molecule has 3 heterocycles. The molecule has 3 atom stereocenters. The van der Waals surface area contributed by atoms with E-state index in [4.69, 9.17) is 5.73 Å². The summed E-state index contributed by atoms with van der Waals surface area (Å²) >= 11 is 1.28. The summed E-state index contributed by atoms with van der Waals surface area (Å²) < 4.78 is 0. The Balaban J connectivity index is 1.99. The van der Waals surface area contributed by atoms with E-state index in [-0.39, 0.29) is 17.0 Å². The van der Waals surface area contributed by atoms with Gasteiger partial charge in [-0.05, 0) is 13.0 Å². The van der Waals surface area contributed by atoms with Crippen LogP contribution in [0.2, 0.25) is 0 Å². The predicted molar refractivity (Wildman–Crippen MR) is 80.1 cm³/mol. The highest BCUT2D eigenvalue weighted by Crippen LogP contribution is 2.53. The monoisotopic (exact) mass is 321 g/mol. The van der Waals surface area contributed by atoms with Crippen LogP contribution in [0.3, 0.4) is 0 Å². The Hall–Kier alpha value is -1.90. The number of aliphatic hydroxyl groups is 1. The van der Waals surface area contributed by atoms with Crippen LogP contribution in [0.4, 0.5) is 0 Å². The van der Waals surface area contributed by atoms with E-state index in [9.17, 15) is 19.8 Å². The van der Waals surface area contributed by atoms with E-state index in [0.29, 0.717) is 22.7 Å². The molecule has 0 aromatic carbocycles. The number of aliphatic carboxylic acids is 1. The summed E-state index contributed by atoms with van der Waals surface area (Å²) in [5, 5.41) is 18.8. The number of hydrogen-bond donors (Lipinski definition) is 3. The number of nitrogens with two attached hydrogens (primary N) is 1. The number of carbonyl (C=O) groups excluding carboxylic acids is 1. The maximum absolute atomic E-state index is 12.1. The Bertz CT molecular complexity index is 671. The van der Waals surface area contributed by atoms with Crippen LogP contribution < -0.4 is 5.73 Å². The summed E-state index contributed by atoms with van der Waals surface area (Å²) in [6, 6.07) is 3.47. The molecular formula is C14H15N3O4S. The average molecular weight is 321 g/mol. The summed E-state index contributed by atoms with van der Waals surface area (Å²) in [5.41, 5.74) is 6.79. The Morgan fingerprint density at radius 3 is 2.77 bits per heavy atom. The molecule has 1 amide bonds. The molecule has 0 unspecified atom stereocenters. The first-order chi connectivity index (χ1) is 10.5. The largest absolute Gasteiger partial charge is 0.477 e. The van der Waals surface area contributed by atoms with Crippen LogP contribution in [-0.2, 0) is 16.1 Å². The van der Waals surface area contributed by atoms with Gasteiger partial charge in [-0.3, -0.25) is 14.7 Å². The molecule has 0 radical (unpaired) electrons. The van der Waals surface area contributed by atoms with Crippen molar-refractivity contribution in [2.45, 2.75) is 24.9 Å². The molecule has 7 nitrogen and oxygen atoms in total. The number of pyridine rings is 1. The number of fused-ring (bicyclic) bond motifs is 1. The minimum atomic E-state index is -1.16. The molecule has 2 aliphatic rings. The zero-order chi connectivity index (χ0) is 16.0. The SMILES string of the molecule is C[C@@H](O)[C@H]1C(=O)N2C(C(=O)O)=C(c3ccc(CN)nc3)S[C@H]12. The smallest absolute Gasteiger partial charge is 0.353 e. The van der Waals surface area contributed by atoms with Crippen LogP contribution in [0, 0.1) is 5.92 Å². The second-order valence-corrected chi connectivity index (χ2v) is 6.34. The Labute approximate surface area is 130 Å². The molecule has 116 valence electrons. The summed E-state index contributed by atoms with van der Waals surface area (Å²) in [6.45, 7) is 1.84. The Morgan fingerprint density at radius 2 is 2.27 bits per heavy atom. The fraction of sp³-hybridized carbons (Fsp3) is 0.357. The molecule has 0 aliphatic carbocycles. The number of β-lactam (4-membered cyclic amide) rings is 1. The number of aliphatic hydroxyl groups excluding tert-OH is 1. The zero-order valence-corrected chi connectivity index (χ0v) is 12.6. The van der Waals surface area contributed by atoms with Gasteiger partial charge in [-0.25, -0.2) is 4.79 Å². The van der Waals surface area contributed by atoms with Gasteiger partial charge in [-0.1, -0.05) is 17.8 Å². The van der Waals surface area contributed by atoms with Crippen molar-refractivity contribution in [3.05, 3.63) is 35.3 Å². The minimum absolute atomic E-state index is 0.0424. The minimum Gasteiger partial charge on any atom is -0.477 e. The molecular weight excluding hydrogens is 306 g/mol. The van der Waals surface area contributed by atoms with Gasteiger partial charge in [0.25, 0.3) is 0 Å². The first-order valence-electron chi connectivity index (χ1n) is 6.76. The van der Waals surface area contributed by atoms with Gasteiger partial charge in [0.1, 0.15) is 11.1 Å². The number of aromatic nitrogens is 1. The zero-order valence-electron chi connectivity index (χ0n) is 11.8. The highest BCUT2D eigenvalue weighted by molar-refractivity contribution is 8.09. The second kappa shape index (κ2) is 5.38. The van der Waals surface area contributed by atoms with E-state index in [1.807, 2.05) is 0 Å². The van der Waals surface area contributed by atoms with Gasteiger partial charge in [0, 0.05) is 23.2 Å². The third-order valence-corrected chi connectivity index (χ3v) is 5.21. The molecule has 1 fully saturated rings.